The second-order valence-corrected chi connectivity index (χ2v) is 10.7. The normalized spacial score (nSPS) is 13.8. The molecule has 0 radical (unpaired) electrons. The molecule has 0 heterocycles. The fraction of sp³-hybridized carbons (Fsp3) is 0.100. The minimum Gasteiger partial charge on any atom is -0.314 e. The maximum Gasteiger partial charge on any atom is 0.261 e. The summed E-state index contributed by atoms with van der Waals surface area (Å²) in [7, 11) is -6.71. The summed E-state index contributed by atoms with van der Waals surface area (Å²) in [5.41, 5.74) is 1.31. The van der Waals surface area contributed by atoms with E-state index in [1.54, 1.807) is 67.3 Å². The van der Waals surface area contributed by atoms with Crippen molar-refractivity contribution in [2.45, 2.75) is 11.8 Å². The van der Waals surface area contributed by atoms with Crippen LogP contribution in [0.5, 0.6) is 0 Å². The third kappa shape index (κ3) is 3.74. The molecular weight excluding hydrogens is 365 g/mol. The molecular formula is C20H20NO3PS. The monoisotopic (exact) mass is 385 g/mol. The molecule has 0 aliphatic heterocycles. The zero-order valence-electron chi connectivity index (χ0n) is 14.6. The number of aryl methyl sites for hydroxylation is 1. The highest BCUT2D eigenvalue weighted by Gasteiger charge is 2.26. The van der Waals surface area contributed by atoms with Gasteiger partial charge in [0.05, 0.1) is 10.6 Å². The molecule has 0 saturated heterocycles. The van der Waals surface area contributed by atoms with Crippen LogP contribution in [0, 0.1) is 6.92 Å². The van der Waals surface area contributed by atoms with Crippen molar-refractivity contribution in [3.63, 3.8) is 0 Å². The lowest BCUT2D eigenvalue weighted by Crippen LogP contribution is -2.22. The first-order chi connectivity index (χ1) is 12.3. The van der Waals surface area contributed by atoms with Crippen LogP contribution in [-0.4, -0.2) is 15.1 Å². The van der Waals surface area contributed by atoms with Gasteiger partial charge in [0.1, 0.15) is 7.14 Å². The van der Waals surface area contributed by atoms with Crippen LogP contribution in [0.25, 0.3) is 0 Å². The number of anilines is 1. The highest BCUT2D eigenvalue weighted by Crippen LogP contribution is 2.41. The van der Waals surface area contributed by atoms with E-state index in [4.69, 9.17) is 0 Å². The SMILES string of the molecule is Cc1ccc(S(=O)(=O)Nc2ccccc2[P@](C)(=O)c2ccccc2)cc1. The Balaban J connectivity index is 2.03. The standard InChI is InChI=1S/C20H20NO3PS/c1-16-12-14-18(15-13-16)26(23,24)21-19-10-6-7-11-20(19)25(2,22)17-8-4-3-5-9-17/h3-15,21H,1-2H3/t25-/m1/s1. The molecule has 3 aromatic rings. The van der Waals surface area contributed by atoms with Gasteiger partial charge in [0, 0.05) is 10.6 Å². The summed E-state index contributed by atoms with van der Waals surface area (Å²) in [6.07, 6.45) is 0. The van der Waals surface area contributed by atoms with Crippen LogP contribution in [0.1, 0.15) is 5.56 Å². The lowest BCUT2D eigenvalue weighted by atomic mass is 10.2. The molecule has 0 amide bonds. The number of benzene rings is 3. The van der Waals surface area contributed by atoms with Gasteiger partial charge >= 0.3 is 0 Å². The van der Waals surface area contributed by atoms with E-state index < -0.39 is 17.2 Å². The molecule has 134 valence electrons. The Hall–Kier alpha value is -2.36. The highest BCUT2D eigenvalue weighted by molar-refractivity contribution is 7.92. The van der Waals surface area contributed by atoms with E-state index in [2.05, 4.69) is 4.72 Å². The minimum absolute atomic E-state index is 0.170. The average molecular weight is 385 g/mol. The van der Waals surface area contributed by atoms with Gasteiger partial charge < -0.3 is 4.57 Å². The Morgan fingerprint density at radius 2 is 1.38 bits per heavy atom. The van der Waals surface area contributed by atoms with Crippen LogP contribution in [0.3, 0.4) is 0 Å². The summed E-state index contributed by atoms with van der Waals surface area (Å²) < 4.78 is 41.5. The quantitative estimate of drug-likeness (QED) is 0.681. The third-order valence-electron chi connectivity index (χ3n) is 4.19. The van der Waals surface area contributed by atoms with Crippen LogP contribution in [0.4, 0.5) is 5.69 Å². The van der Waals surface area contributed by atoms with Crippen molar-refractivity contribution in [3.05, 3.63) is 84.4 Å². The van der Waals surface area contributed by atoms with Crippen LogP contribution >= 0.6 is 7.14 Å². The van der Waals surface area contributed by atoms with Crippen molar-refractivity contribution >= 4 is 33.5 Å². The van der Waals surface area contributed by atoms with Gasteiger partial charge in [-0.1, -0.05) is 60.2 Å². The van der Waals surface area contributed by atoms with E-state index in [1.807, 2.05) is 25.1 Å². The van der Waals surface area contributed by atoms with Crippen molar-refractivity contribution in [2.75, 3.05) is 11.4 Å². The number of rotatable bonds is 5. The van der Waals surface area contributed by atoms with Gasteiger partial charge in [-0.05, 0) is 37.9 Å². The molecule has 3 rings (SSSR count). The molecule has 26 heavy (non-hydrogen) atoms. The predicted octanol–water partition coefficient (Wildman–Crippen LogP) is 3.74. The molecule has 0 unspecified atom stereocenters. The Kier molecular flexibility index (Phi) is 5.03. The molecule has 0 bridgehead atoms. The van der Waals surface area contributed by atoms with Crippen LogP contribution < -0.4 is 15.3 Å². The molecule has 0 spiro atoms. The smallest absolute Gasteiger partial charge is 0.261 e. The third-order valence-corrected chi connectivity index (χ3v) is 8.16. The van der Waals surface area contributed by atoms with E-state index in [0.717, 1.165) is 5.56 Å². The first-order valence-electron chi connectivity index (χ1n) is 8.13. The molecule has 0 aliphatic rings. The maximum absolute atomic E-state index is 13.5. The Morgan fingerprint density at radius 1 is 0.808 bits per heavy atom. The summed E-state index contributed by atoms with van der Waals surface area (Å²) in [6.45, 7) is 3.55. The second-order valence-electron chi connectivity index (χ2n) is 6.20. The molecule has 0 fully saturated rings. The van der Waals surface area contributed by atoms with E-state index in [9.17, 15) is 13.0 Å². The van der Waals surface area contributed by atoms with Crippen molar-refractivity contribution in [2.24, 2.45) is 0 Å². The van der Waals surface area contributed by atoms with Crippen molar-refractivity contribution in [1.29, 1.82) is 0 Å². The van der Waals surface area contributed by atoms with Crippen molar-refractivity contribution in [3.8, 4) is 0 Å². The molecule has 3 aromatic carbocycles. The molecule has 6 heteroatoms. The molecule has 0 aliphatic carbocycles. The summed E-state index contributed by atoms with van der Waals surface area (Å²) in [5, 5.41) is 1.17. The molecule has 4 nitrogen and oxygen atoms in total. The first-order valence-corrected chi connectivity index (χ1v) is 11.8. The topological polar surface area (TPSA) is 63.2 Å². The zero-order valence-corrected chi connectivity index (χ0v) is 16.3. The number of hydrogen-bond donors (Lipinski definition) is 1. The maximum atomic E-state index is 13.5. The van der Waals surface area contributed by atoms with Crippen LogP contribution in [-0.2, 0) is 14.6 Å². The average Bonchev–Trinajstić information content (AvgIpc) is 2.63. The van der Waals surface area contributed by atoms with Crippen molar-refractivity contribution < 1.29 is 13.0 Å². The Labute approximate surface area is 154 Å². The fourth-order valence-electron chi connectivity index (χ4n) is 2.70. The van der Waals surface area contributed by atoms with E-state index in [0.29, 0.717) is 16.3 Å². The molecule has 1 N–H and O–H groups in total. The molecule has 1 atom stereocenters. The fourth-order valence-corrected chi connectivity index (χ4v) is 5.84. The number of hydrogen-bond acceptors (Lipinski definition) is 3. The van der Waals surface area contributed by atoms with Gasteiger partial charge in [0.2, 0.25) is 0 Å². The lowest BCUT2D eigenvalue weighted by Gasteiger charge is -2.19. The summed E-state index contributed by atoms with van der Waals surface area (Å²) >= 11 is 0. The second kappa shape index (κ2) is 7.10. The van der Waals surface area contributed by atoms with E-state index >= 15 is 0 Å². The zero-order chi connectivity index (χ0) is 18.8. The summed E-state index contributed by atoms with van der Waals surface area (Å²) in [6, 6.07) is 22.5. The van der Waals surface area contributed by atoms with Gasteiger partial charge in [-0.25, -0.2) is 8.42 Å². The van der Waals surface area contributed by atoms with Gasteiger partial charge in [-0.15, -0.1) is 0 Å². The van der Waals surface area contributed by atoms with Gasteiger partial charge in [-0.3, -0.25) is 4.72 Å². The lowest BCUT2D eigenvalue weighted by molar-refractivity contribution is 0.590. The number of para-hydroxylation sites is 1. The largest absolute Gasteiger partial charge is 0.314 e. The Bertz CT molecular complexity index is 1060. The predicted molar refractivity (Wildman–Crippen MR) is 108 cm³/mol. The Morgan fingerprint density at radius 3 is 2.04 bits per heavy atom. The molecule has 0 saturated carbocycles. The van der Waals surface area contributed by atoms with Crippen LogP contribution in [0.2, 0.25) is 0 Å². The van der Waals surface area contributed by atoms with Crippen molar-refractivity contribution in [1.82, 2.24) is 0 Å². The van der Waals surface area contributed by atoms with E-state index in [-0.39, 0.29) is 4.90 Å². The number of sulfonamides is 1. The summed E-state index contributed by atoms with van der Waals surface area (Å²) in [5.74, 6) is 0. The van der Waals surface area contributed by atoms with Gasteiger partial charge in [-0.2, -0.15) is 0 Å². The first kappa shape index (κ1) is 18.4. The van der Waals surface area contributed by atoms with E-state index in [1.165, 1.54) is 0 Å². The molecule has 0 aromatic heterocycles. The summed E-state index contributed by atoms with van der Waals surface area (Å²) in [4.78, 5) is 0.170. The minimum atomic E-state index is -3.77. The van der Waals surface area contributed by atoms with Crippen LogP contribution in [0.15, 0.2) is 83.8 Å². The highest BCUT2D eigenvalue weighted by atomic mass is 32.2. The number of nitrogens with one attached hydrogen (secondary N) is 1. The van der Waals surface area contributed by atoms with Gasteiger partial charge in [0.15, 0.2) is 0 Å². The van der Waals surface area contributed by atoms with Gasteiger partial charge in [0.25, 0.3) is 10.0 Å².